The molecule has 0 saturated carbocycles. The van der Waals surface area contributed by atoms with Gasteiger partial charge in [0, 0.05) is 11.8 Å². The minimum Gasteiger partial charge on any atom is -0.452 e. The summed E-state index contributed by atoms with van der Waals surface area (Å²) in [6.07, 6.45) is 1.05. The minimum atomic E-state index is -0.621. The molecule has 1 amide bonds. The van der Waals surface area contributed by atoms with Crippen LogP contribution in [0.4, 0.5) is 4.79 Å². The Morgan fingerprint density at radius 1 is 1.16 bits per heavy atom. The summed E-state index contributed by atoms with van der Waals surface area (Å²) >= 11 is 0. The van der Waals surface area contributed by atoms with Crippen LogP contribution < -0.4 is 5.43 Å². The van der Waals surface area contributed by atoms with Crippen molar-refractivity contribution in [3.05, 3.63) is 66.0 Å². The van der Waals surface area contributed by atoms with Crippen molar-refractivity contribution in [3.8, 4) is 0 Å². The molecule has 0 atom stereocenters. The summed E-state index contributed by atoms with van der Waals surface area (Å²) in [4.78, 5) is 15.4. The molecule has 0 aliphatic rings. The van der Waals surface area contributed by atoms with Crippen molar-refractivity contribution < 1.29 is 9.53 Å². The molecule has 0 aliphatic heterocycles. The van der Waals surface area contributed by atoms with Crippen LogP contribution in [0.25, 0.3) is 0 Å². The van der Waals surface area contributed by atoms with Gasteiger partial charge < -0.3 is 4.74 Å². The second-order valence-corrected chi connectivity index (χ2v) is 3.64. The number of hydrazone groups is 1. The molecule has 19 heavy (non-hydrogen) atoms. The fraction of sp³-hybridized carbons (Fsp3) is 0.0714. The van der Waals surface area contributed by atoms with Gasteiger partial charge in [-0.1, -0.05) is 36.4 Å². The number of hydrogen-bond donors (Lipinski definition) is 1. The highest BCUT2D eigenvalue weighted by Gasteiger charge is 2.08. The molecule has 0 unspecified atom stereocenters. The lowest BCUT2D eigenvalue weighted by molar-refractivity contribution is 0.171. The zero-order valence-corrected chi connectivity index (χ0v) is 10.4. The van der Waals surface area contributed by atoms with Gasteiger partial charge in [-0.3, -0.25) is 4.98 Å². The fourth-order valence-electron chi connectivity index (χ4n) is 1.52. The van der Waals surface area contributed by atoms with E-state index in [4.69, 9.17) is 0 Å². The van der Waals surface area contributed by atoms with Gasteiger partial charge in [-0.15, -0.1) is 0 Å². The topological polar surface area (TPSA) is 63.6 Å². The molecule has 0 spiro atoms. The maximum atomic E-state index is 11.1. The highest BCUT2D eigenvalue weighted by Crippen LogP contribution is 2.08. The third-order valence-electron chi connectivity index (χ3n) is 2.40. The Bertz CT molecular complexity index is 526. The Hall–Kier alpha value is -2.69. The number of amides is 1. The largest absolute Gasteiger partial charge is 0.452 e. The van der Waals surface area contributed by atoms with E-state index < -0.39 is 6.09 Å². The quantitative estimate of drug-likeness (QED) is 0.675. The van der Waals surface area contributed by atoms with Crippen LogP contribution in [0, 0.1) is 0 Å². The molecular formula is C14H13N3O2. The fourth-order valence-corrected chi connectivity index (χ4v) is 1.52. The maximum absolute atomic E-state index is 11.1. The molecule has 2 rings (SSSR count). The van der Waals surface area contributed by atoms with Crippen molar-refractivity contribution in [3.63, 3.8) is 0 Å². The summed E-state index contributed by atoms with van der Waals surface area (Å²) in [7, 11) is 1.29. The summed E-state index contributed by atoms with van der Waals surface area (Å²) in [6.45, 7) is 0. The van der Waals surface area contributed by atoms with Crippen molar-refractivity contribution in [1.29, 1.82) is 0 Å². The molecule has 2 aromatic rings. The van der Waals surface area contributed by atoms with Crippen LogP contribution in [0.5, 0.6) is 0 Å². The average molecular weight is 255 g/mol. The zero-order valence-electron chi connectivity index (χ0n) is 10.4. The molecule has 0 bridgehead atoms. The van der Waals surface area contributed by atoms with Crippen LogP contribution in [-0.2, 0) is 4.74 Å². The first-order valence-corrected chi connectivity index (χ1v) is 5.69. The third-order valence-corrected chi connectivity index (χ3v) is 2.40. The van der Waals surface area contributed by atoms with Gasteiger partial charge in [-0.05, 0) is 12.1 Å². The van der Waals surface area contributed by atoms with Gasteiger partial charge in [-0.2, -0.15) is 5.10 Å². The highest BCUT2D eigenvalue weighted by molar-refractivity contribution is 6.11. The Kier molecular flexibility index (Phi) is 4.23. The number of nitrogens with zero attached hydrogens (tertiary/aromatic N) is 2. The first-order chi connectivity index (χ1) is 9.31. The molecule has 1 N–H and O–H groups in total. The van der Waals surface area contributed by atoms with Crippen molar-refractivity contribution in [2.24, 2.45) is 5.10 Å². The lowest BCUT2D eigenvalue weighted by Crippen LogP contribution is -2.20. The van der Waals surface area contributed by atoms with Crippen molar-refractivity contribution in [2.45, 2.75) is 0 Å². The molecule has 0 radical (unpaired) electrons. The van der Waals surface area contributed by atoms with E-state index in [2.05, 4.69) is 20.2 Å². The molecule has 96 valence electrons. The van der Waals surface area contributed by atoms with Gasteiger partial charge in [-0.25, -0.2) is 10.2 Å². The number of benzene rings is 1. The van der Waals surface area contributed by atoms with Crippen LogP contribution in [0.2, 0.25) is 0 Å². The van der Waals surface area contributed by atoms with Crippen LogP contribution in [0.15, 0.2) is 59.8 Å². The monoisotopic (exact) mass is 255 g/mol. The van der Waals surface area contributed by atoms with Gasteiger partial charge in [0.25, 0.3) is 0 Å². The van der Waals surface area contributed by atoms with Gasteiger partial charge in [0.15, 0.2) is 0 Å². The van der Waals surface area contributed by atoms with Crippen LogP contribution in [0.3, 0.4) is 0 Å². The Morgan fingerprint density at radius 2 is 1.89 bits per heavy atom. The number of rotatable bonds is 3. The van der Waals surface area contributed by atoms with Crippen molar-refractivity contribution >= 4 is 11.8 Å². The number of carbonyl (C=O) groups excluding carboxylic acids is 1. The summed E-state index contributed by atoms with van der Waals surface area (Å²) in [5, 5.41) is 4.06. The SMILES string of the molecule is COC(=O)N/N=C(/c1ccccc1)c1ccccn1. The van der Waals surface area contributed by atoms with Gasteiger partial charge >= 0.3 is 6.09 Å². The number of aromatic nitrogens is 1. The van der Waals surface area contributed by atoms with E-state index in [0.29, 0.717) is 11.4 Å². The average Bonchev–Trinajstić information content (AvgIpc) is 2.49. The normalized spacial score (nSPS) is 10.9. The molecule has 0 aliphatic carbocycles. The smallest absolute Gasteiger partial charge is 0.427 e. The van der Waals surface area contributed by atoms with E-state index >= 15 is 0 Å². The first-order valence-electron chi connectivity index (χ1n) is 5.69. The summed E-state index contributed by atoms with van der Waals surface area (Å²) in [5.74, 6) is 0. The summed E-state index contributed by atoms with van der Waals surface area (Å²) in [6, 6.07) is 15.0. The molecule has 1 aromatic heterocycles. The van der Waals surface area contributed by atoms with Crippen LogP contribution >= 0.6 is 0 Å². The Labute approximate surface area is 110 Å². The van der Waals surface area contributed by atoms with Crippen LogP contribution in [-0.4, -0.2) is 23.9 Å². The van der Waals surface area contributed by atoms with E-state index in [1.807, 2.05) is 48.5 Å². The van der Waals surface area contributed by atoms with Gasteiger partial charge in [0.2, 0.25) is 0 Å². The van der Waals surface area contributed by atoms with Gasteiger partial charge in [0.1, 0.15) is 5.71 Å². The summed E-state index contributed by atoms with van der Waals surface area (Å²) < 4.78 is 4.49. The van der Waals surface area contributed by atoms with Crippen LogP contribution in [0.1, 0.15) is 11.3 Å². The summed E-state index contributed by atoms with van der Waals surface area (Å²) in [5.41, 5.74) is 4.42. The second-order valence-electron chi connectivity index (χ2n) is 3.64. The van der Waals surface area contributed by atoms with E-state index in [-0.39, 0.29) is 0 Å². The number of nitrogens with one attached hydrogen (secondary N) is 1. The number of ether oxygens (including phenoxy) is 1. The predicted molar refractivity (Wildman–Crippen MR) is 71.9 cm³/mol. The standard InChI is InChI=1S/C14H13N3O2/c1-19-14(18)17-16-13(11-7-3-2-4-8-11)12-9-5-6-10-15-12/h2-10H,1H3,(H,17,18)/b16-13-. The molecular weight excluding hydrogens is 242 g/mol. The lowest BCUT2D eigenvalue weighted by atomic mass is 10.1. The predicted octanol–water partition coefficient (Wildman–Crippen LogP) is 2.19. The second kappa shape index (κ2) is 6.30. The Balaban J connectivity index is 2.37. The maximum Gasteiger partial charge on any atom is 0.427 e. The molecule has 0 fully saturated rings. The molecule has 1 aromatic carbocycles. The van der Waals surface area contributed by atoms with E-state index in [0.717, 1.165) is 5.56 Å². The van der Waals surface area contributed by atoms with E-state index in [1.54, 1.807) is 6.20 Å². The molecule has 5 nitrogen and oxygen atoms in total. The Morgan fingerprint density at radius 3 is 2.53 bits per heavy atom. The molecule has 0 saturated heterocycles. The first kappa shape index (κ1) is 12.8. The third kappa shape index (κ3) is 3.38. The van der Waals surface area contributed by atoms with Crippen molar-refractivity contribution in [1.82, 2.24) is 10.4 Å². The van der Waals surface area contributed by atoms with Crippen molar-refractivity contribution in [2.75, 3.05) is 7.11 Å². The minimum absolute atomic E-state index is 0.576. The highest BCUT2D eigenvalue weighted by atomic mass is 16.5. The number of pyridine rings is 1. The van der Waals surface area contributed by atoms with E-state index in [9.17, 15) is 4.79 Å². The van der Waals surface area contributed by atoms with E-state index in [1.165, 1.54) is 7.11 Å². The van der Waals surface area contributed by atoms with Gasteiger partial charge in [0.05, 0.1) is 12.8 Å². The lowest BCUT2D eigenvalue weighted by Gasteiger charge is -2.06. The molecule has 1 heterocycles. The molecule has 5 heteroatoms. The number of methoxy groups -OCH3 is 1. The number of hydrogen-bond acceptors (Lipinski definition) is 4. The zero-order chi connectivity index (χ0) is 13.5. The number of carbonyl (C=O) groups is 1.